The predicted molar refractivity (Wildman–Crippen MR) is 49.9 cm³/mol. The van der Waals surface area contributed by atoms with Crippen molar-refractivity contribution in [2.45, 2.75) is 25.5 Å². The summed E-state index contributed by atoms with van der Waals surface area (Å²) >= 11 is 0. The maximum Gasteiger partial charge on any atom is 0.153 e. The summed E-state index contributed by atoms with van der Waals surface area (Å²) in [6.07, 6.45) is 0.725. The zero-order valence-corrected chi connectivity index (χ0v) is 8.52. The summed E-state index contributed by atoms with van der Waals surface area (Å²) in [5.41, 5.74) is 0. The van der Waals surface area contributed by atoms with Crippen molar-refractivity contribution in [2.24, 2.45) is 5.92 Å². The van der Waals surface area contributed by atoms with E-state index in [4.69, 9.17) is 0 Å². The molecule has 0 aliphatic carbocycles. The summed E-state index contributed by atoms with van der Waals surface area (Å²) in [6.45, 7) is 5.45. The summed E-state index contributed by atoms with van der Waals surface area (Å²) in [5, 5.41) is 2.91. The highest BCUT2D eigenvalue weighted by Crippen LogP contribution is 2.13. The van der Waals surface area contributed by atoms with E-state index < -0.39 is 9.84 Å². The fraction of sp³-hybridized carbons (Fsp3) is 1.00. The molecule has 12 heavy (non-hydrogen) atoms. The van der Waals surface area contributed by atoms with Crippen LogP contribution in [0.4, 0.5) is 0 Å². The standard InChI is InChI=1S/C8H17NO2S/c1-3-7(2)12(10,11)6-8-4-9-5-8/h7-9H,3-6H2,1-2H3. The molecule has 1 atom stereocenters. The molecule has 0 spiro atoms. The zero-order chi connectivity index (χ0) is 9.19. The Morgan fingerprint density at radius 1 is 1.50 bits per heavy atom. The van der Waals surface area contributed by atoms with E-state index in [1.165, 1.54) is 0 Å². The Hall–Kier alpha value is -0.0900. The first-order valence-electron chi connectivity index (χ1n) is 4.48. The van der Waals surface area contributed by atoms with Gasteiger partial charge in [0.05, 0.1) is 11.0 Å². The summed E-state index contributed by atoms with van der Waals surface area (Å²) in [5.74, 6) is 0.735. The van der Waals surface area contributed by atoms with E-state index in [-0.39, 0.29) is 5.25 Å². The van der Waals surface area contributed by atoms with Crippen molar-refractivity contribution >= 4 is 9.84 Å². The van der Waals surface area contributed by atoms with E-state index in [2.05, 4.69) is 5.32 Å². The fourth-order valence-electron chi connectivity index (χ4n) is 1.21. The SMILES string of the molecule is CCC(C)S(=O)(=O)CC1CNC1. The molecule has 1 aliphatic heterocycles. The van der Waals surface area contributed by atoms with Crippen molar-refractivity contribution in [3.63, 3.8) is 0 Å². The van der Waals surface area contributed by atoms with Gasteiger partial charge < -0.3 is 5.32 Å². The van der Waals surface area contributed by atoms with Gasteiger partial charge in [0.1, 0.15) is 0 Å². The quantitative estimate of drug-likeness (QED) is 0.700. The predicted octanol–water partition coefficient (Wildman–Crippen LogP) is 0.419. The molecule has 72 valence electrons. The number of nitrogens with one attached hydrogen (secondary N) is 1. The minimum atomic E-state index is -2.81. The van der Waals surface area contributed by atoms with Gasteiger partial charge in [0, 0.05) is 13.1 Å². The topological polar surface area (TPSA) is 46.2 Å². The first-order valence-corrected chi connectivity index (χ1v) is 6.20. The van der Waals surface area contributed by atoms with Crippen molar-refractivity contribution in [2.75, 3.05) is 18.8 Å². The Bertz CT molecular complexity index is 231. The van der Waals surface area contributed by atoms with E-state index in [1.54, 1.807) is 6.92 Å². The lowest BCUT2D eigenvalue weighted by molar-refractivity contribution is 0.377. The monoisotopic (exact) mass is 191 g/mol. The van der Waals surface area contributed by atoms with Gasteiger partial charge in [0.2, 0.25) is 0 Å². The second-order valence-corrected chi connectivity index (χ2v) is 6.04. The lowest BCUT2D eigenvalue weighted by atomic mass is 10.1. The normalized spacial score (nSPS) is 21.8. The van der Waals surface area contributed by atoms with Gasteiger partial charge in [-0.25, -0.2) is 8.42 Å². The van der Waals surface area contributed by atoms with E-state index in [0.717, 1.165) is 19.5 Å². The molecule has 4 heteroatoms. The molecule has 0 amide bonds. The van der Waals surface area contributed by atoms with E-state index in [1.807, 2.05) is 6.92 Å². The van der Waals surface area contributed by atoms with Crippen LogP contribution in [-0.4, -0.2) is 32.5 Å². The molecule has 0 bridgehead atoms. The molecule has 3 nitrogen and oxygen atoms in total. The van der Waals surface area contributed by atoms with Crippen molar-refractivity contribution in [3.05, 3.63) is 0 Å². The molecule has 0 saturated carbocycles. The van der Waals surface area contributed by atoms with E-state index in [0.29, 0.717) is 11.7 Å². The Morgan fingerprint density at radius 2 is 2.08 bits per heavy atom. The van der Waals surface area contributed by atoms with Crippen LogP contribution in [-0.2, 0) is 9.84 Å². The highest BCUT2D eigenvalue weighted by Gasteiger charge is 2.27. The molecule has 1 unspecified atom stereocenters. The van der Waals surface area contributed by atoms with E-state index >= 15 is 0 Å². The Balaban J connectivity index is 2.47. The van der Waals surface area contributed by atoms with Gasteiger partial charge in [-0.2, -0.15) is 0 Å². The molecule has 0 aromatic heterocycles. The van der Waals surface area contributed by atoms with Crippen LogP contribution in [0.15, 0.2) is 0 Å². The maximum atomic E-state index is 11.5. The smallest absolute Gasteiger partial charge is 0.153 e. The number of sulfone groups is 1. The third kappa shape index (κ3) is 2.20. The average Bonchev–Trinajstić information content (AvgIpc) is 1.95. The Kier molecular flexibility index (Phi) is 3.12. The van der Waals surface area contributed by atoms with Gasteiger partial charge in [0.25, 0.3) is 0 Å². The van der Waals surface area contributed by atoms with Crippen molar-refractivity contribution in [1.29, 1.82) is 0 Å². The average molecular weight is 191 g/mol. The molecule has 1 heterocycles. The number of hydrogen-bond donors (Lipinski definition) is 1. The lowest BCUT2D eigenvalue weighted by Crippen LogP contribution is -2.46. The second kappa shape index (κ2) is 3.75. The minimum Gasteiger partial charge on any atom is -0.316 e. The molecule has 1 rings (SSSR count). The first kappa shape index (κ1) is 9.99. The second-order valence-electron chi connectivity index (χ2n) is 3.57. The van der Waals surface area contributed by atoms with Gasteiger partial charge in [-0.15, -0.1) is 0 Å². The third-order valence-corrected chi connectivity index (χ3v) is 5.02. The van der Waals surface area contributed by atoms with Gasteiger partial charge in [-0.05, 0) is 19.3 Å². The van der Waals surface area contributed by atoms with Gasteiger partial charge >= 0.3 is 0 Å². The van der Waals surface area contributed by atoms with Crippen LogP contribution < -0.4 is 5.32 Å². The minimum absolute atomic E-state index is 0.168. The largest absolute Gasteiger partial charge is 0.316 e. The lowest BCUT2D eigenvalue weighted by Gasteiger charge is -2.27. The van der Waals surface area contributed by atoms with Crippen LogP contribution >= 0.6 is 0 Å². The fourth-order valence-corrected chi connectivity index (χ4v) is 2.94. The Morgan fingerprint density at radius 3 is 2.42 bits per heavy atom. The Labute approximate surface area is 74.5 Å². The molecule has 1 saturated heterocycles. The summed E-state index contributed by atoms with van der Waals surface area (Å²) in [6, 6.07) is 0. The van der Waals surface area contributed by atoms with Crippen LogP contribution in [0.3, 0.4) is 0 Å². The van der Waals surface area contributed by atoms with Gasteiger partial charge in [0.15, 0.2) is 9.84 Å². The number of hydrogen-bond acceptors (Lipinski definition) is 3. The summed E-state index contributed by atoms with van der Waals surface area (Å²) in [4.78, 5) is 0. The number of rotatable bonds is 4. The molecule has 1 fully saturated rings. The molecular weight excluding hydrogens is 174 g/mol. The maximum absolute atomic E-state index is 11.5. The van der Waals surface area contributed by atoms with Crippen LogP contribution in [0, 0.1) is 5.92 Å². The summed E-state index contributed by atoms with van der Waals surface area (Å²) in [7, 11) is -2.81. The molecule has 0 aromatic rings. The first-order chi connectivity index (χ1) is 5.56. The van der Waals surface area contributed by atoms with Crippen molar-refractivity contribution in [3.8, 4) is 0 Å². The van der Waals surface area contributed by atoms with Gasteiger partial charge in [-0.3, -0.25) is 0 Å². The van der Waals surface area contributed by atoms with Crippen molar-refractivity contribution < 1.29 is 8.42 Å². The van der Waals surface area contributed by atoms with Crippen molar-refractivity contribution in [1.82, 2.24) is 5.32 Å². The van der Waals surface area contributed by atoms with Gasteiger partial charge in [-0.1, -0.05) is 6.92 Å². The van der Waals surface area contributed by atoms with Crippen LogP contribution in [0.25, 0.3) is 0 Å². The third-order valence-electron chi connectivity index (χ3n) is 2.52. The van der Waals surface area contributed by atoms with E-state index in [9.17, 15) is 8.42 Å². The summed E-state index contributed by atoms with van der Waals surface area (Å²) < 4.78 is 23.1. The molecule has 0 aromatic carbocycles. The van der Waals surface area contributed by atoms with Crippen LogP contribution in [0.1, 0.15) is 20.3 Å². The molecule has 0 radical (unpaired) electrons. The molecule has 1 N–H and O–H groups in total. The highest BCUT2D eigenvalue weighted by atomic mass is 32.2. The zero-order valence-electron chi connectivity index (χ0n) is 7.71. The molecule has 1 aliphatic rings. The highest BCUT2D eigenvalue weighted by molar-refractivity contribution is 7.92. The van der Waals surface area contributed by atoms with Crippen LogP contribution in [0.2, 0.25) is 0 Å². The van der Waals surface area contributed by atoms with Crippen LogP contribution in [0.5, 0.6) is 0 Å². The molecular formula is C8H17NO2S.